The fourth-order valence-electron chi connectivity index (χ4n) is 1.18. The van der Waals surface area contributed by atoms with E-state index < -0.39 is 12.0 Å². The van der Waals surface area contributed by atoms with Gasteiger partial charge in [0.1, 0.15) is 5.52 Å². The molecular formula is C8H3BrClF3N2. The maximum absolute atomic E-state index is 12.3. The number of alkyl halides is 3. The molecule has 0 bridgehead atoms. The van der Waals surface area contributed by atoms with Crippen molar-refractivity contribution in [2.24, 2.45) is 0 Å². The third-order valence-electron chi connectivity index (χ3n) is 1.77. The molecule has 2 nitrogen and oxygen atoms in total. The number of imidazole rings is 1. The van der Waals surface area contributed by atoms with Crippen molar-refractivity contribution in [3.05, 3.63) is 27.5 Å². The van der Waals surface area contributed by atoms with Crippen LogP contribution in [0.2, 0.25) is 5.02 Å². The number of aromatic amines is 1. The summed E-state index contributed by atoms with van der Waals surface area (Å²) in [6, 6.07) is 2.98. The molecule has 1 heterocycles. The summed E-state index contributed by atoms with van der Waals surface area (Å²) in [6.07, 6.45) is -4.49. The second-order valence-corrected chi connectivity index (χ2v) is 4.19. The standard InChI is InChI=1S/C8H3BrClF3N2/c9-3-1-4(10)6-5(2-3)14-7(15-6)8(11,12)13/h1-2H,(H,14,15). The molecule has 0 fully saturated rings. The van der Waals surface area contributed by atoms with Gasteiger partial charge in [-0.15, -0.1) is 0 Å². The van der Waals surface area contributed by atoms with Crippen LogP contribution in [0.3, 0.4) is 0 Å². The fourth-order valence-corrected chi connectivity index (χ4v) is 2.03. The first-order chi connectivity index (χ1) is 6.88. The third kappa shape index (κ3) is 1.96. The summed E-state index contributed by atoms with van der Waals surface area (Å²) in [7, 11) is 0. The van der Waals surface area contributed by atoms with Crippen molar-refractivity contribution < 1.29 is 13.2 Å². The maximum Gasteiger partial charge on any atom is 0.449 e. The van der Waals surface area contributed by atoms with Gasteiger partial charge in [-0.25, -0.2) is 4.98 Å². The number of rotatable bonds is 0. The molecule has 0 radical (unpaired) electrons. The number of hydrogen-bond donors (Lipinski definition) is 1. The van der Waals surface area contributed by atoms with Crippen molar-refractivity contribution in [3.63, 3.8) is 0 Å². The first-order valence-corrected chi connectivity index (χ1v) is 4.97. The average Bonchev–Trinajstić information content (AvgIpc) is 2.46. The predicted octanol–water partition coefficient (Wildman–Crippen LogP) is 4.00. The molecule has 0 aliphatic rings. The Balaban J connectivity index is 2.71. The molecule has 15 heavy (non-hydrogen) atoms. The van der Waals surface area contributed by atoms with Gasteiger partial charge >= 0.3 is 6.18 Å². The van der Waals surface area contributed by atoms with Crippen LogP contribution in [0.15, 0.2) is 16.6 Å². The lowest BCUT2D eigenvalue weighted by Crippen LogP contribution is -2.06. The second-order valence-electron chi connectivity index (χ2n) is 2.87. The van der Waals surface area contributed by atoms with Crippen molar-refractivity contribution in [1.29, 1.82) is 0 Å². The second kappa shape index (κ2) is 3.38. The van der Waals surface area contributed by atoms with E-state index in [1.165, 1.54) is 12.1 Å². The minimum atomic E-state index is -4.49. The number of benzene rings is 1. The van der Waals surface area contributed by atoms with E-state index >= 15 is 0 Å². The molecule has 0 amide bonds. The first-order valence-electron chi connectivity index (χ1n) is 3.80. The Morgan fingerprint density at radius 1 is 1.33 bits per heavy atom. The molecule has 1 N–H and O–H groups in total. The lowest BCUT2D eigenvalue weighted by Gasteiger charge is -1.98. The van der Waals surface area contributed by atoms with Crippen LogP contribution in [-0.2, 0) is 6.18 Å². The largest absolute Gasteiger partial charge is 0.449 e. The van der Waals surface area contributed by atoms with Gasteiger partial charge in [0.05, 0.1) is 10.5 Å². The molecule has 0 spiro atoms. The zero-order chi connectivity index (χ0) is 11.2. The first kappa shape index (κ1) is 10.8. The van der Waals surface area contributed by atoms with Crippen LogP contribution in [0.4, 0.5) is 13.2 Å². The van der Waals surface area contributed by atoms with Crippen LogP contribution >= 0.6 is 27.5 Å². The van der Waals surface area contributed by atoms with Crippen LogP contribution in [0.1, 0.15) is 5.82 Å². The van der Waals surface area contributed by atoms with Crippen molar-refractivity contribution in [3.8, 4) is 0 Å². The zero-order valence-corrected chi connectivity index (χ0v) is 9.33. The van der Waals surface area contributed by atoms with Crippen LogP contribution < -0.4 is 0 Å². The quantitative estimate of drug-likeness (QED) is 0.782. The normalized spacial score (nSPS) is 12.3. The van der Waals surface area contributed by atoms with Crippen LogP contribution in [0, 0.1) is 0 Å². The topological polar surface area (TPSA) is 28.7 Å². The molecule has 0 saturated heterocycles. The van der Waals surface area contributed by atoms with E-state index in [0.717, 1.165) is 0 Å². The number of nitrogens with zero attached hydrogens (tertiary/aromatic N) is 1. The minimum absolute atomic E-state index is 0.118. The van der Waals surface area contributed by atoms with E-state index in [1.54, 1.807) is 0 Å². The Hall–Kier alpha value is -0.750. The number of H-pyrrole nitrogens is 1. The Morgan fingerprint density at radius 2 is 2.00 bits per heavy atom. The number of aromatic nitrogens is 2. The lowest BCUT2D eigenvalue weighted by molar-refractivity contribution is -0.144. The fraction of sp³-hybridized carbons (Fsp3) is 0.125. The molecule has 2 aromatic rings. The molecule has 0 atom stereocenters. The molecule has 0 aliphatic heterocycles. The SMILES string of the molecule is FC(F)(F)c1nc2c(Cl)cc(Br)cc2[nH]1. The van der Waals surface area contributed by atoms with Crippen LogP contribution in [0.5, 0.6) is 0 Å². The summed E-state index contributed by atoms with van der Waals surface area (Å²) in [4.78, 5) is 5.56. The third-order valence-corrected chi connectivity index (χ3v) is 2.52. The summed E-state index contributed by atoms with van der Waals surface area (Å²) in [5.74, 6) is -1.04. The molecule has 0 saturated carbocycles. The van der Waals surface area contributed by atoms with Gasteiger partial charge in [-0.1, -0.05) is 27.5 Å². The van der Waals surface area contributed by atoms with Gasteiger partial charge in [0.2, 0.25) is 5.82 Å². The highest BCUT2D eigenvalue weighted by Gasteiger charge is 2.35. The number of hydrogen-bond acceptors (Lipinski definition) is 1. The molecule has 80 valence electrons. The van der Waals surface area contributed by atoms with Gasteiger partial charge in [-0.2, -0.15) is 13.2 Å². The average molecular weight is 299 g/mol. The van der Waals surface area contributed by atoms with Crippen molar-refractivity contribution in [2.45, 2.75) is 6.18 Å². The summed E-state index contributed by atoms with van der Waals surface area (Å²) in [5.41, 5.74) is 0.369. The van der Waals surface area contributed by atoms with Crippen LogP contribution in [0.25, 0.3) is 11.0 Å². The molecule has 2 rings (SSSR count). The zero-order valence-electron chi connectivity index (χ0n) is 6.99. The van der Waals surface area contributed by atoms with Gasteiger partial charge in [0.25, 0.3) is 0 Å². The van der Waals surface area contributed by atoms with E-state index in [0.29, 0.717) is 4.47 Å². The Morgan fingerprint density at radius 3 is 2.60 bits per heavy atom. The number of halogens is 5. The Labute approximate surface area is 95.6 Å². The summed E-state index contributed by atoms with van der Waals surface area (Å²) in [6.45, 7) is 0. The van der Waals surface area contributed by atoms with Gasteiger partial charge < -0.3 is 4.98 Å². The van der Waals surface area contributed by atoms with Gasteiger partial charge in [0.15, 0.2) is 0 Å². The molecule has 0 unspecified atom stereocenters. The molecular weight excluding hydrogens is 296 g/mol. The Bertz CT molecular complexity index is 520. The minimum Gasteiger partial charge on any atom is -0.334 e. The Kier molecular flexibility index (Phi) is 2.42. The van der Waals surface area contributed by atoms with Gasteiger partial charge in [0, 0.05) is 4.47 Å². The van der Waals surface area contributed by atoms with E-state index in [1.807, 2.05) is 0 Å². The van der Waals surface area contributed by atoms with Crippen molar-refractivity contribution >= 4 is 38.6 Å². The van der Waals surface area contributed by atoms with E-state index in [9.17, 15) is 13.2 Å². The smallest absolute Gasteiger partial charge is 0.334 e. The predicted molar refractivity (Wildman–Crippen MR) is 53.8 cm³/mol. The highest BCUT2D eigenvalue weighted by Crippen LogP contribution is 2.32. The number of fused-ring (bicyclic) bond motifs is 1. The van der Waals surface area contributed by atoms with Crippen molar-refractivity contribution in [2.75, 3.05) is 0 Å². The molecule has 0 aliphatic carbocycles. The summed E-state index contributed by atoms with van der Waals surface area (Å²) < 4.78 is 37.5. The highest BCUT2D eigenvalue weighted by molar-refractivity contribution is 9.10. The highest BCUT2D eigenvalue weighted by atomic mass is 79.9. The van der Waals surface area contributed by atoms with Crippen molar-refractivity contribution in [1.82, 2.24) is 9.97 Å². The van der Waals surface area contributed by atoms with Gasteiger partial charge in [-0.05, 0) is 12.1 Å². The summed E-state index contributed by atoms with van der Waals surface area (Å²) in [5, 5.41) is 0.172. The maximum atomic E-state index is 12.3. The molecule has 1 aromatic heterocycles. The molecule has 1 aromatic carbocycles. The van der Waals surface area contributed by atoms with Gasteiger partial charge in [-0.3, -0.25) is 0 Å². The summed E-state index contributed by atoms with van der Waals surface area (Å²) >= 11 is 8.88. The van der Waals surface area contributed by atoms with E-state index in [2.05, 4.69) is 25.9 Å². The van der Waals surface area contributed by atoms with Crippen LogP contribution in [-0.4, -0.2) is 9.97 Å². The lowest BCUT2D eigenvalue weighted by atomic mass is 10.3. The number of nitrogens with one attached hydrogen (secondary N) is 1. The molecule has 7 heteroatoms. The van der Waals surface area contributed by atoms with E-state index in [4.69, 9.17) is 11.6 Å². The van der Waals surface area contributed by atoms with E-state index in [-0.39, 0.29) is 16.1 Å². The monoisotopic (exact) mass is 298 g/mol.